The summed E-state index contributed by atoms with van der Waals surface area (Å²) >= 11 is 1.60. The average Bonchev–Trinajstić information content (AvgIpc) is 3.24. The maximum atomic E-state index is 12.9. The van der Waals surface area contributed by atoms with Crippen LogP contribution < -0.4 is 10.1 Å². The van der Waals surface area contributed by atoms with Crippen LogP contribution in [0.5, 0.6) is 5.75 Å². The zero-order valence-electron chi connectivity index (χ0n) is 19.1. The van der Waals surface area contributed by atoms with Crippen LogP contribution in [-0.2, 0) is 16.1 Å². The molecule has 7 nitrogen and oxygen atoms in total. The summed E-state index contributed by atoms with van der Waals surface area (Å²) in [5.74, 6) is 1.95. The van der Waals surface area contributed by atoms with E-state index in [1.54, 1.807) is 23.4 Å². The first-order valence-corrected chi connectivity index (χ1v) is 12.1. The molecule has 33 heavy (non-hydrogen) atoms. The molecular weight excluding hydrogens is 436 g/mol. The number of rotatable bonds is 9. The Morgan fingerprint density at radius 2 is 1.88 bits per heavy atom. The van der Waals surface area contributed by atoms with Gasteiger partial charge in [-0.3, -0.25) is 0 Å². The lowest BCUT2D eigenvalue weighted by atomic mass is 9.96. The minimum absolute atomic E-state index is 0.302. The zero-order valence-corrected chi connectivity index (χ0v) is 19.9. The van der Waals surface area contributed by atoms with Gasteiger partial charge in [-0.25, -0.2) is 9.48 Å². The Hall–Kier alpha value is -3.26. The number of nitrogens with zero attached hydrogens (tertiary/aromatic N) is 3. The Morgan fingerprint density at radius 1 is 1.12 bits per heavy atom. The number of nitrogens with one attached hydrogen (secondary N) is 1. The second kappa shape index (κ2) is 10.6. The second-order valence-corrected chi connectivity index (χ2v) is 8.70. The number of fused-ring (bicyclic) bond motifs is 1. The topological polar surface area (TPSA) is 78.3 Å². The van der Waals surface area contributed by atoms with Crippen molar-refractivity contribution in [3.05, 3.63) is 77.0 Å². The van der Waals surface area contributed by atoms with E-state index in [1.165, 1.54) is 0 Å². The molecule has 0 aliphatic carbocycles. The van der Waals surface area contributed by atoms with E-state index < -0.39 is 6.04 Å². The summed E-state index contributed by atoms with van der Waals surface area (Å²) in [6.45, 7) is 6.59. The molecule has 0 radical (unpaired) electrons. The van der Waals surface area contributed by atoms with Crippen molar-refractivity contribution in [2.24, 2.45) is 0 Å². The molecule has 1 atom stereocenters. The summed E-state index contributed by atoms with van der Waals surface area (Å²) in [4.78, 5) is 17.5. The van der Waals surface area contributed by atoms with Gasteiger partial charge in [0.15, 0.2) is 0 Å². The van der Waals surface area contributed by atoms with E-state index in [4.69, 9.17) is 14.6 Å². The summed E-state index contributed by atoms with van der Waals surface area (Å²) in [7, 11) is 0. The normalized spacial score (nSPS) is 15.1. The number of hydrogen-bond acceptors (Lipinski definition) is 7. The van der Waals surface area contributed by atoms with Crippen molar-refractivity contribution in [3.63, 3.8) is 0 Å². The first-order chi connectivity index (χ1) is 16.1. The smallest absolute Gasteiger partial charge is 0.338 e. The number of thioether (sulfide) groups is 1. The molecule has 0 bridgehead atoms. The van der Waals surface area contributed by atoms with Gasteiger partial charge in [0.05, 0.1) is 12.2 Å². The predicted octanol–water partition coefficient (Wildman–Crippen LogP) is 5.21. The fourth-order valence-electron chi connectivity index (χ4n) is 3.65. The van der Waals surface area contributed by atoms with Crippen LogP contribution in [0.4, 0.5) is 5.95 Å². The molecule has 1 aromatic heterocycles. The van der Waals surface area contributed by atoms with E-state index in [9.17, 15) is 4.79 Å². The fraction of sp³-hybridized carbons (Fsp3) is 0.320. The Bertz CT molecular complexity index is 1130. The third-order valence-corrected chi connectivity index (χ3v) is 6.25. The Kier molecular flexibility index (Phi) is 7.34. The van der Waals surface area contributed by atoms with Gasteiger partial charge in [0.1, 0.15) is 18.4 Å². The van der Waals surface area contributed by atoms with Gasteiger partial charge >= 0.3 is 5.97 Å². The van der Waals surface area contributed by atoms with E-state index >= 15 is 0 Å². The number of hydrogen-bond donors (Lipinski definition) is 1. The first-order valence-electron chi connectivity index (χ1n) is 11.1. The molecule has 3 aromatic rings. The number of aromatic nitrogens is 3. The third-order valence-electron chi connectivity index (χ3n) is 5.21. The number of carbonyl (C=O) groups excluding carboxylic acids is 1. The van der Waals surface area contributed by atoms with Crippen LogP contribution in [-0.4, -0.2) is 33.1 Å². The lowest BCUT2D eigenvalue weighted by Crippen LogP contribution is -2.29. The second-order valence-electron chi connectivity index (χ2n) is 7.64. The van der Waals surface area contributed by atoms with E-state index in [0.717, 1.165) is 34.7 Å². The zero-order chi connectivity index (χ0) is 23.2. The maximum absolute atomic E-state index is 12.9. The number of carbonyl (C=O) groups is 1. The van der Waals surface area contributed by atoms with E-state index in [-0.39, 0.29) is 5.97 Å². The van der Waals surface area contributed by atoms with Gasteiger partial charge < -0.3 is 14.8 Å². The van der Waals surface area contributed by atoms with Crippen LogP contribution >= 0.6 is 11.8 Å². The molecule has 4 rings (SSSR count). The largest absolute Gasteiger partial charge is 0.489 e. The molecule has 0 saturated carbocycles. The molecule has 2 heterocycles. The van der Waals surface area contributed by atoms with Crippen molar-refractivity contribution < 1.29 is 14.3 Å². The Morgan fingerprint density at radius 3 is 2.58 bits per heavy atom. The van der Waals surface area contributed by atoms with Gasteiger partial charge in [0, 0.05) is 11.4 Å². The van der Waals surface area contributed by atoms with E-state index in [1.807, 2.05) is 61.5 Å². The maximum Gasteiger partial charge on any atom is 0.338 e. The Balaban J connectivity index is 1.63. The number of allylic oxidation sites excluding steroid dienone is 1. The molecule has 1 aliphatic rings. The Labute approximate surface area is 198 Å². The molecular formula is C25H28N4O3S. The highest BCUT2D eigenvalue weighted by Crippen LogP contribution is 2.37. The first kappa shape index (κ1) is 22.9. The van der Waals surface area contributed by atoms with Crippen molar-refractivity contribution in [3.8, 4) is 5.75 Å². The molecule has 0 fully saturated rings. The van der Waals surface area contributed by atoms with Crippen LogP contribution in [0.25, 0.3) is 0 Å². The molecule has 2 aromatic carbocycles. The van der Waals surface area contributed by atoms with Gasteiger partial charge in [-0.1, -0.05) is 61.2 Å². The average molecular weight is 465 g/mol. The molecule has 1 aliphatic heterocycles. The molecule has 1 unspecified atom stereocenters. The summed E-state index contributed by atoms with van der Waals surface area (Å²) < 4.78 is 13.1. The summed E-state index contributed by atoms with van der Waals surface area (Å²) in [6.07, 6.45) is 1.03. The van der Waals surface area contributed by atoms with Crippen LogP contribution in [0, 0.1) is 0 Å². The van der Waals surface area contributed by atoms with Crippen LogP contribution in [0.15, 0.2) is 71.0 Å². The van der Waals surface area contributed by atoms with E-state index in [2.05, 4.69) is 17.2 Å². The lowest BCUT2D eigenvalue weighted by Gasteiger charge is -2.28. The molecule has 0 saturated heterocycles. The van der Waals surface area contributed by atoms with Crippen molar-refractivity contribution >= 4 is 23.7 Å². The molecule has 0 amide bonds. The van der Waals surface area contributed by atoms with Crippen molar-refractivity contribution in [1.82, 2.24) is 14.8 Å². The molecule has 0 spiro atoms. The fourth-order valence-corrected chi connectivity index (χ4v) is 4.34. The number of ether oxygens (including phenoxy) is 2. The summed E-state index contributed by atoms with van der Waals surface area (Å²) in [6, 6.07) is 17.4. The highest BCUT2D eigenvalue weighted by atomic mass is 32.2. The monoisotopic (exact) mass is 464 g/mol. The number of benzene rings is 2. The van der Waals surface area contributed by atoms with Crippen LogP contribution in [0.3, 0.4) is 0 Å². The van der Waals surface area contributed by atoms with Crippen molar-refractivity contribution in [2.75, 3.05) is 17.7 Å². The standard InChI is InChI=1S/C25H28N4O3S/c1-4-15-33-25-27-24-26-17(3)21(23(30)31-5-2)22(29(24)28-25)19-11-13-20(14-12-19)32-16-18-9-7-6-8-10-18/h6-14,22H,4-5,15-16H2,1-3H3,(H,26,27,28). The van der Waals surface area contributed by atoms with Gasteiger partial charge in [-0.2, -0.15) is 4.98 Å². The summed E-state index contributed by atoms with van der Waals surface area (Å²) in [5, 5.41) is 8.62. The van der Waals surface area contributed by atoms with Gasteiger partial charge in [0.2, 0.25) is 11.1 Å². The third kappa shape index (κ3) is 5.22. The highest BCUT2D eigenvalue weighted by Gasteiger charge is 2.35. The predicted molar refractivity (Wildman–Crippen MR) is 129 cm³/mol. The SMILES string of the molecule is CCCSc1nc2n(n1)C(c1ccc(OCc3ccccc3)cc1)C(C(=O)OCC)=C(C)N2. The van der Waals surface area contributed by atoms with Crippen LogP contribution in [0.2, 0.25) is 0 Å². The molecule has 8 heteroatoms. The van der Waals surface area contributed by atoms with Crippen molar-refractivity contribution in [2.45, 2.75) is 45.0 Å². The lowest BCUT2D eigenvalue weighted by molar-refractivity contribution is -0.139. The van der Waals surface area contributed by atoms with Gasteiger partial charge in [-0.15, -0.1) is 5.10 Å². The van der Waals surface area contributed by atoms with Crippen LogP contribution in [0.1, 0.15) is 44.4 Å². The van der Waals surface area contributed by atoms with E-state index in [0.29, 0.717) is 29.9 Å². The minimum atomic E-state index is -0.438. The highest BCUT2D eigenvalue weighted by molar-refractivity contribution is 7.99. The minimum Gasteiger partial charge on any atom is -0.489 e. The number of anilines is 1. The van der Waals surface area contributed by atoms with Gasteiger partial charge in [-0.05, 0) is 43.5 Å². The molecule has 172 valence electrons. The number of esters is 1. The quantitative estimate of drug-likeness (QED) is 0.344. The summed E-state index contributed by atoms with van der Waals surface area (Å²) in [5.41, 5.74) is 3.26. The van der Waals surface area contributed by atoms with Gasteiger partial charge in [0.25, 0.3) is 0 Å². The molecule has 1 N–H and O–H groups in total. The van der Waals surface area contributed by atoms with Crippen molar-refractivity contribution in [1.29, 1.82) is 0 Å².